The van der Waals surface area contributed by atoms with Gasteiger partial charge in [0.25, 0.3) is 0 Å². The molecule has 2 fully saturated rings. The largest absolute Gasteiger partial charge is 0.457 e. The number of aliphatic hydroxyl groups is 1. The summed E-state index contributed by atoms with van der Waals surface area (Å²) in [5, 5.41) is 17.4. The van der Waals surface area contributed by atoms with Crippen LogP contribution in [0.3, 0.4) is 0 Å². The van der Waals surface area contributed by atoms with E-state index in [1.54, 1.807) is 40.1 Å². The Hall–Kier alpha value is -2.96. The lowest BCUT2D eigenvalue weighted by molar-refractivity contribution is -0.155. The van der Waals surface area contributed by atoms with Crippen molar-refractivity contribution >= 4 is 35.3 Å². The number of hydrogen-bond donors (Lipinski definition) is 3. The highest BCUT2D eigenvalue weighted by Crippen LogP contribution is 2.49. The van der Waals surface area contributed by atoms with Gasteiger partial charge >= 0.3 is 12.1 Å². The van der Waals surface area contributed by atoms with Crippen molar-refractivity contribution in [1.29, 1.82) is 0 Å². The molecule has 0 radical (unpaired) electrons. The van der Waals surface area contributed by atoms with Crippen LogP contribution in [0.5, 0.6) is 0 Å². The minimum atomic E-state index is -1.76. The number of epoxide rings is 1. The van der Waals surface area contributed by atoms with Gasteiger partial charge in [-0.2, -0.15) is 0 Å². The molecule has 1 aromatic carbocycles. The monoisotopic (exact) mass is 633 g/mol. The van der Waals surface area contributed by atoms with E-state index >= 15 is 0 Å². The number of methoxy groups -OCH3 is 1. The molecular weight excluding hydrogens is 590 g/mol. The molecule has 0 saturated carbocycles. The summed E-state index contributed by atoms with van der Waals surface area (Å²) in [5.41, 5.74) is 0.475. The summed E-state index contributed by atoms with van der Waals surface area (Å²) in [6.45, 7) is 9.12. The maximum Gasteiger partial charge on any atom is 0.409 e. The van der Waals surface area contributed by atoms with Crippen LogP contribution in [0.2, 0.25) is 5.02 Å². The van der Waals surface area contributed by atoms with E-state index < -0.39 is 59.8 Å². The number of ether oxygens (including phenoxy) is 4. The number of carbonyl (C=O) groups is 3. The highest BCUT2D eigenvalue weighted by Gasteiger charge is 2.64. The van der Waals surface area contributed by atoms with Gasteiger partial charge in [-0.1, -0.05) is 48.4 Å². The molecule has 3 aliphatic rings. The van der Waals surface area contributed by atoms with Crippen LogP contribution in [0.4, 0.5) is 10.5 Å². The molecule has 3 N–H and O–H groups in total. The van der Waals surface area contributed by atoms with E-state index in [4.69, 9.17) is 30.5 Å². The van der Waals surface area contributed by atoms with Crippen LogP contribution in [-0.2, 0) is 35.0 Å². The van der Waals surface area contributed by atoms with E-state index in [2.05, 4.69) is 10.6 Å². The number of allylic oxidation sites excluding steroid dienone is 3. The zero-order valence-corrected chi connectivity index (χ0v) is 27.4. The quantitative estimate of drug-likeness (QED) is 0.335. The molecule has 12 heteroatoms. The number of amides is 2. The van der Waals surface area contributed by atoms with Gasteiger partial charge in [0.15, 0.2) is 5.72 Å². The Kier molecular flexibility index (Phi) is 10.2. The van der Waals surface area contributed by atoms with Crippen LogP contribution in [0.15, 0.2) is 35.9 Å². The molecule has 0 spiro atoms. The standard InChI is InChI=1S/C32H44ClN3O8/c1-17-10-9-11-24(41-8)32(40)16-23(42-30(39)35-32)19(3)28-31(5,44-28)25(43-29(38)20(4)34-6)15-26(37)36(7)22-14-21(12-17)13-18(2)27(22)33/h9-11,13-14,19-20,23-25,28,34,40H,12,15-16H2,1-8H3,(H,35,39)/b11-9+,17-10+/t19-,20+,23+,24-,25+,28+,31-,32+/m1/s1. The third-order valence-electron chi connectivity index (χ3n) is 8.99. The van der Waals surface area contributed by atoms with E-state index in [0.717, 1.165) is 16.7 Å². The Morgan fingerprint density at radius 3 is 2.66 bits per heavy atom. The van der Waals surface area contributed by atoms with Crippen molar-refractivity contribution in [2.45, 2.75) is 95.7 Å². The SMILES string of the molecule is CN[C@@H](C)C(=O)O[C@H]1CC(=O)N(C)c2cc(cc(C)c2Cl)C/C(C)=C/C=C/[C@@H](OC)[C@@]2(O)C[C@H](OC(=O)N2)[C@@H](C)[C@@H]2O[C@]12C. The molecule has 44 heavy (non-hydrogen) atoms. The lowest BCUT2D eigenvalue weighted by Crippen LogP contribution is -2.63. The van der Waals surface area contributed by atoms with Gasteiger partial charge in [-0.25, -0.2) is 4.79 Å². The highest BCUT2D eigenvalue weighted by molar-refractivity contribution is 6.34. The average molecular weight is 634 g/mol. The molecule has 0 aromatic heterocycles. The van der Waals surface area contributed by atoms with Crippen molar-refractivity contribution < 1.29 is 38.4 Å². The molecule has 2 amide bonds. The number of rotatable bonds is 4. The van der Waals surface area contributed by atoms with Crippen LogP contribution >= 0.6 is 11.6 Å². The number of aryl methyl sites for hydroxylation is 1. The number of nitrogens with zero attached hydrogens (tertiary/aromatic N) is 1. The van der Waals surface area contributed by atoms with Crippen molar-refractivity contribution in [3.8, 4) is 0 Å². The van der Waals surface area contributed by atoms with Gasteiger partial charge in [-0.05, 0) is 58.4 Å². The Morgan fingerprint density at radius 1 is 1.30 bits per heavy atom. The van der Waals surface area contributed by atoms with Crippen LogP contribution in [0.25, 0.3) is 0 Å². The van der Waals surface area contributed by atoms with Gasteiger partial charge in [0.05, 0.1) is 23.2 Å². The van der Waals surface area contributed by atoms with E-state index in [-0.39, 0.29) is 18.7 Å². The number of benzene rings is 1. The molecule has 2 saturated heterocycles. The number of esters is 1. The van der Waals surface area contributed by atoms with E-state index in [1.165, 1.54) is 12.0 Å². The number of carbonyl (C=O) groups excluding carboxylic acids is 3. The van der Waals surface area contributed by atoms with Crippen molar-refractivity contribution in [2.24, 2.45) is 5.92 Å². The summed E-state index contributed by atoms with van der Waals surface area (Å²) >= 11 is 6.70. The fraction of sp³-hybridized carbons (Fsp3) is 0.594. The van der Waals surface area contributed by atoms with Gasteiger partial charge in [0.2, 0.25) is 5.91 Å². The molecule has 3 heterocycles. The lowest BCUT2D eigenvalue weighted by atomic mass is 9.83. The normalized spacial score (nSPS) is 35.4. The molecule has 0 aliphatic carbocycles. The average Bonchev–Trinajstić information content (AvgIpc) is 3.66. The fourth-order valence-corrected chi connectivity index (χ4v) is 6.24. The molecule has 242 valence electrons. The minimum Gasteiger partial charge on any atom is -0.457 e. The lowest BCUT2D eigenvalue weighted by Gasteiger charge is -2.42. The highest BCUT2D eigenvalue weighted by atomic mass is 35.5. The first kappa shape index (κ1) is 33.9. The molecule has 4 bridgehead atoms. The van der Waals surface area contributed by atoms with E-state index in [0.29, 0.717) is 17.1 Å². The Bertz CT molecular complexity index is 1350. The second kappa shape index (κ2) is 13.2. The molecule has 0 unspecified atom stereocenters. The van der Waals surface area contributed by atoms with Gasteiger partial charge in [0, 0.05) is 26.5 Å². The van der Waals surface area contributed by atoms with Gasteiger partial charge in [-0.3, -0.25) is 14.9 Å². The maximum atomic E-state index is 13.8. The van der Waals surface area contributed by atoms with Crippen LogP contribution in [-0.4, -0.2) is 86.1 Å². The number of nitrogens with one attached hydrogen (secondary N) is 2. The van der Waals surface area contributed by atoms with E-state index in [1.807, 2.05) is 39.0 Å². The number of halogens is 1. The number of hydrogen-bond acceptors (Lipinski definition) is 9. The number of likely N-dealkylation sites (N-methyl/N-ethyl adjacent to an activating group) is 1. The molecule has 11 nitrogen and oxygen atoms in total. The van der Waals surface area contributed by atoms with Gasteiger partial charge < -0.3 is 34.3 Å². The fourth-order valence-electron chi connectivity index (χ4n) is 6.00. The van der Waals surface area contributed by atoms with Gasteiger partial charge in [-0.15, -0.1) is 0 Å². The van der Waals surface area contributed by atoms with Crippen molar-refractivity contribution in [3.05, 3.63) is 52.1 Å². The van der Waals surface area contributed by atoms with Crippen LogP contribution in [0, 0.1) is 12.8 Å². The molecule has 1 aromatic rings. The smallest absolute Gasteiger partial charge is 0.409 e. The summed E-state index contributed by atoms with van der Waals surface area (Å²) in [6.07, 6.45) is 1.81. The van der Waals surface area contributed by atoms with Gasteiger partial charge in [0.1, 0.15) is 30.0 Å². The number of anilines is 1. The predicted molar refractivity (Wildman–Crippen MR) is 165 cm³/mol. The topological polar surface area (TPSA) is 139 Å². The third-order valence-corrected chi connectivity index (χ3v) is 9.48. The summed E-state index contributed by atoms with van der Waals surface area (Å²) in [7, 11) is 4.74. The zero-order chi connectivity index (χ0) is 32.6. The summed E-state index contributed by atoms with van der Waals surface area (Å²) in [6, 6.07) is 3.23. The first-order valence-corrected chi connectivity index (χ1v) is 15.2. The van der Waals surface area contributed by atoms with Crippen molar-refractivity contribution in [1.82, 2.24) is 10.6 Å². The second-order valence-corrected chi connectivity index (χ2v) is 12.7. The third kappa shape index (κ3) is 6.97. The molecule has 3 aliphatic heterocycles. The predicted octanol–water partition coefficient (Wildman–Crippen LogP) is 3.58. The molecule has 4 rings (SSSR count). The van der Waals surface area contributed by atoms with Crippen molar-refractivity contribution in [2.75, 3.05) is 26.1 Å². The molecular formula is C32H44ClN3O8. The summed E-state index contributed by atoms with van der Waals surface area (Å²) in [4.78, 5) is 40.9. The summed E-state index contributed by atoms with van der Waals surface area (Å²) in [5.74, 6) is -1.29. The van der Waals surface area contributed by atoms with Crippen LogP contribution in [0.1, 0.15) is 51.7 Å². The summed E-state index contributed by atoms with van der Waals surface area (Å²) < 4.78 is 23.3. The number of fused-ring (bicyclic) bond motifs is 5. The van der Waals surface area contributed by atoms with Crippen molar-refractivity contribution in [3.63, 3.8) is 0 Å². The second-order valence-electron chi connectivity index (χ2n) is 12.3. The molecule has 8 atom stereocenters. The Balaban J connectivity index is 1.78. The van der Waals surface area contributed by atoms with E-state index in [9.17, 15) is 19.5 Å². The minimum absolute atomic E-state index is 0.00785. The Labute approximate surface area is 263 Å². The number of alkyl carbamates (subject to hydrolysis) is 1. The first-order chi connectivity index (χ1) is 20.6. The first-order valence-electron chi connectivity index (χ1n) is 14.8. The van der Waals surface area contributed by atoms with Crippen LogP contribution < -0.4 is 15.5 Å². The maximum absolute atomic E-state index is 13.8. The Morgan fingerprint density at radius 2 is 2.00 bits per heavy atom. The zero-order valence-electron chi connectivity index (χ0n) is 26.6.